The second kappa shape index (κ2) is 8.52. The lowest BCUT2D eigenvalue weighted by Gasteiger charge is -2.21. The second-order valence-corrected chi connectivity index (χ2v) is 8.65. The molecule has 150 valence electrons. The molecule has 1 aliphatic heterocycles. The summed E-state index contributed by atoms with van der Waals surface area (Å²) in [6.45, 7) is 1.30. The number of sulfonamides is 1. The highest BCUT2D eigenvalue weighted by Crippen LogP contribution is 2.33. The molecule has 3 rings (SSSR count). The van der Waals surface area contributed by atoms with Crippen LogP contribution in [0.3, 0.4) is 0 Å². The maximum atomic E-state index is 12.6. The first-order valence-electron chi connectivity index (χ1n) is 9.13. The molecule has 7 nitrogen and oxygen atoms in total. The highest BCUT2D eigenvalue weighted by atomic mass is 32.2. The van der Waals surface area contributed by atoms with E-state index in [0.29, 0.717) is 24.5 Å². The van der Waals surface area contributed by atoms with Crippen molar-refractivity contribution in [3.63, 3.8) is 0 Å². The average molecular weight is 404 g/mol. The number of amides is 1. The number of carbonyl (C=O) groups excluding carboxylic acids is 1. The van der Waals surface area contributed by atoms with Crippen LogP contribution >= 0.6 is 0 Å². The SMILES string of the molecule is CN(CCNC(=O)[C@H]1CCN(S(C)(=O)=O)c2ccccc2O1)c1ccccc1. The number of nitrogens with zero attached hydrogens (tertiary/aromatic N) is 2. The molecule has 0 radical (unpaired) electrons. The molecule has 0 aromatic heterocycles. The molecule has 1 amide bonds. The number of carbonyl (C=O) groups is 1. The van der Waals surface area contributed by atoms with Gasteiger partial charge in [-0.25, -0.2) is 8.42 Å². The van der Waals surface area contributed by atoms with Gasteiger partial charge in [0, 0.05) is 38.8 Å². The third-order valence-electron chi connectivity index (χ3n) is 4.63. The first-order valence-corrected chi connectivity index (χ1v) is 11.0. The normalized spacial score (nSPS) is 16.5. The van der Waals surface area contributed by atoms with Crippen molar-refractivity contribution < 1.29 is 17.9 Å². The van der Waals surface area contributed by atoms with E-state index in [4.69, 9.17) is 4.74 Å². The van der Waals surface area contributed by atoms with E-state index >= 15 is 0 Å². The lowest BCUT2D eigenvalue weighted by Crippen LogP contribution is -2.42. The zero-order valence-corrected chi connectivity index (χ0v) is 16.9. The van der Waals surface area contributed by atoms with Gasteiger partial charge in [-0.3, -0.25) is 9.10 Å². The largest absolute Gasteiger partial charge is 0.478 e. The summed E-state index contributed by atoms with van der Waals surface area (Å²) >= 11 is 0. The molecule has 0 saturated heterocycles. The number of likely N-dealkylation sites (N-methyl/N-ethyl adjacent to an activating group) is 1. The molecule has 0 saturated carbocycles. The molecule has 1 heterocycles. The summed E-state index contributed by atoms with van der Waals surface area (Å²) < 4.78 is 31.4. The Morgan fingerprint density at radius 2 is 1.86 bits per heavy atom. The van der Waals surface area contributed by atoms with Gasteiger partial charge in [0.05, 0.1) is 11.9 Å². The van der Waals surface area contributed by atoms with Crippen LogP contribution in [-0.4, -0.2) is 53.4 Å². The number of para-hydroxylation sites is 3. The van der Waals surface area contributed by atoms with Crippen LogP contribution in [0.15, 0.2) is 54.6 Å². The molecular formula is C20H25N3O4S. The van der Waals surface area contributed by atoms with Crippen LogP contribution in [0.25, 0.3) is 0 Å². The van der Waals surface area contributed by atoms with Gasteiger partial charge in [0.1, 0.15) is 5.75 Å². The molecule has 0 unspecified atom stereocenters. The average Bonchev–Trinajstić information content (AvgIpc) is 2.88. The zero-order chi connectivity index (χ0) is 20.1. The van der Waals surface area contributed by atoms with Gasteiger partial charge in [0.2, 0.25) is 10.0 Å². The van der Waals surface area contributed by atoms with Gasteiger partial charge in [0.15, 0.2) is 6.10 Å². The number of ether oxygens (including phenoxy) is 1. The number of hydrogen-bond donors (Lipinski definition) is 1. The van der Waals surface area contributed by atoms with Crippen LogP contribution < -0.4 is 19.3 Å². The van der Waals surface area contributed by atoms with Crippen molar-refractivity contribution in [2.45, 2.75) is 12.5 Å². The predicted molar refractivity (Wildman–Crippen MR) is 110 cm³/mol. The van der Waals surface area contributed by atoms with Crippen LogP contribution in [-0.2, 0) is 14.8 Å². The van der Waals surface area contributed by atoms with Gasteiger partial charge in [0.25, 0.3) is 5.91 Å². The van der Waals surface area contributed by atoms with E-state index in [1.165, 1.54) is 4.31 Å². The van der Waals surface area contributed by atoms with E-state index < -0.39 is 16.1 Å². The van der Waals surface area contributed by atoms with Crippen LogP contribution in [0.1, 0.15) is 6.42 Å². The van der Waals surface area contributed by atoms with Gasteiger partial charge >= 0.3 is 0 Å². The molecule has 8 heteroatoms. The summed E-state index contributed by atoms with van der Waals surface area (Å²) in [6.07, 6.45) is 0.695. The van der Waals surface area contributed by atoms with Crippen LogP contribution in [0.4, 0.5) is 11.4 Å². The van der Waals surface area contributed by atoms with Crippen molar-refractivity contribution in [3.8, 4) is 5.75 Å². The summed E-state index contributed by atoms with van der Waals surface area (Å²) in [5.74, 6) is 0.151. The lowest BCUT2D eigenvalue weighted by atomic mass is 10.2. The quantitative estimate of drug-likeness (QED) is 0.797. The molecule has 28 heavy (non-hydrogen) atoms. The fraction of sp³-hybridized carbons (Fsp3) is 0.350. The number of rotatable bonds is 6. The predicted octanol–water partition coefficient (Wildman–Crippen LogP) is 1.86. The van der Waals surface area contributed by atoms with Crippen LogP contribution in [0.5, 0.6) is 5.75 Å². The first kappa shape index (κ1) is 20.0. The maximum absolute atomic E-state index is 12.6. The smallest absolute Gasteiger partial charge is 0.261 e. The monoisotopic (exact) mass is 403 g/mol. The van der Waals surface area contributed by atoms with Gasteiger partial charge in [-0.15, -0.1) is 0 Å². The molecule has 1 atom stereocenters. The number of benzene rings is 2. The minimum atomic E-state index is -3.46. The van der Waals surface area contributed by atoms with Gasteiger partial charge < -0.3 is 15.0 Å². The molecule has 0 spiro atoms. The summed E-state index contributed by atoms with van der Waals surface area (Å²) in [5, 5.41) is 2.89. The number of nitrogens with one attached hydrogen (secondary N) is 1. The highest BCUT2D eigenvalue weighted by Gasteiger charge is 2.30. The highest BCUT2D eigenvalue weighted by molar-refractivity contribution is 7.92. The molecular weight excluding hydrogens is 378 g/mol. The molecule has 2 aromatic rings. The Kier molecular flexibility index (Phi) is 6.08. The molecule has 2 aromatic carbocycles. The molecule has 1 N–H and O–H groups in total. The summed E-state index contributed by atoms with van der Waals surface area (Å²) in [4.78, 5) is 14.7. The Morgan fingerprint density at radius 1 is 1.18 bits per heavy atom. The molecule has 0 aliphatic carbocycles. The molecule has 1 aliphatic rings. The van der Waals surface area contributed by atoms with E-state index in [1.807, 2.05) is 37.4 Å². The number of hydrogen-bond acceptors (Lipinski definition) is 5. The maximum Gasteiger partial charge on any atom is 0.261 e. The Morgan fingerprint density at radius 3 is 2.57 bits per heavy atom. The van der Waals surface area contributed by atoms with Crippen LogP contribution in [0, 0.1) is 0 Å². The Balaban J connectivity index is 1.62. The van der Waals surface area contributed by atoms with Crippen molar-refractivity contribution in [3.05, 3.63) is 54.6 Å². The Labute approximate surface area is 166 Å². The number of fused-ring (bicyclic) bond motifs is 1. The van der Waals surface area contributed by atoms with E-state index in [2.05, 4.69) is 10.2 Å². The number of anilines is 2. The van der Waals surface area contributed by atoms with Crippen molar-refractivity contribution in [2.24, 2.45) is 0 Å². The second-order valence-electron chi connectivity index (χ2n) is 6.75. The van der Waals surface area contributed by atoms with E-state index in [9.17, 15) is 13.2 Å². The van der Waals surface area contributed by atoms with Gasteiger partial charge in [-0.05, 0) is 24.3 Å². The van der Waals surface area contributed by atoms with Crippen molar-refractivity contribution in [1.82, 2.24) is 5.32 Å². The minimum Gasteiger partial charge on any atom is -0.478 e. The summed E-state index contributed by atoms with van der Waals surface area (Å²) in [6, 6.07) is 16.8. The first-order chi connectivity index (χ1) is 13.4. The standard InChI is InChI=1S/C20H25N3O4S/c1-22(16-8-4-3-5-9-16)15-13-21-20(24)19-12-14-23(28(2,25)26)17-10-6-7-11-18(17)27-19/h3-11,19H,12-15H2,1-2H3,(H,21,24)/t19-/m1/s1. The minimum absolute atomic E-state index is 0.192. The van der Waals surface area contributed by atoms with E-state index in [1.54, 1.807) is 24.3 Å². The van der Waals surface area contributed by atoms with Gasteiger partial charge in [-0.2, -0.15) is 0 Å². The Hall–Kier alpha value is -2.74. The van der Waals surface area contributed by atoms with Crippen LogP contribution in [0.2, 0.25) is 0 Å². The zero-order valence-electron chi connectivity index (χ0n) is 16.0. The summed E-state index contributed by atoms with van der Waals surface area (Å²) in [7, 11) is -1.49. The molecule has 0 bridgehead atoms. The fourth-order valence-electron chi connectivity index (χ4n) is 3.13. The molecule has 0 fully saturated rings. The third-order valence-corrected chi connectivity index (χ3v) is 5.81. The fourth-order valence-corrected chi connectivity index (χ4v) is 4.08. The van der Waals surface area contributed by atoms with E-state index in [-0.39, 0.29) is 18.9 Å². The van der Waals surface area contributed by atoms with Crippen molar-refractivity contribution in [1.29, 1.82) is 0 Å². The van der Waals surface area contributed by atoms with Crippen molar-refractivity contribution in [2.75, 3.05) is 42.1 Å². The summed E-state index contributed by atoms with van der Waals surface area (Å²) in [5.41, 5.74) is 1.53. The van der Waals surface area contributed by atoms with Crippen molar-refractivity contribution >= 4 is 27.3 Å². The van der Waals surface area contributed by atoms with E-state index in [0.717, 1.165) is 11.9 Å². The third kappa shape index (κ3) is 4.75. The lowest BCUT2D eigenvalue weighted by molar-refractivity contribution is -0.127. The van der Waals surface area contributed by atoms with Gasteiger partial charge in [-0.1, -0.05) is 30.3 Å². The topological polar surface area (TPSA) is 79.0 Å². The Bertz CT molecular complexity index is 918.